The summed E-state index contributed by atoms with van der Waals surface area (Å²) in [6, 6.07) is 0. The number of epoxide rings is 1. The first-order valence-corrected chi connectivity index (χ1v) is 3.24. The van der Waals surface area contributed by atoms with Crippen molar-refractivity contribution in [2.24, 2.45) is 5.73 Å². The lowest BCUT2D eigenvalue weighted by atomic mass is 10.2. The van der Waals surface area contributed by atoms with Crippen LogP contribution in [0.1, 0.15) is 19.8 Å². The van der Waals surface area contributed by atoms with Gasteiger partial charge >= 0.3 is 0 Å². The van der Waals surface area contributed by atoms with Crippen LogP contribution < -0.4 is 5.73 Å². The molecule has 0 saturated carbocycles. The van der Waals surface area contributed by atoms with Crippen molar-refractivity contribution in [3.8, 4) is 0 Å². The number of hydrogen-bond acceptors (Lipinski definition) is 2. The zero-order chi connectivity index (χ0) is 5.98. The summed E-state index contributed by atoms with van der Waals surface area (Å²) < 4.78 is 5.18. The molecule has 1 saturated heterocycles. The van der Waals surface area contributed by atoms with Crippen LogP contribution in [0, 0.1) is 0 Å². The smallest absolute Gasteiger partial charge is 0.0963 e. The van der Waals surface area contributed by atoms with Crippen molar-refractivity contribution in [2.45, 2.75) is 32.0 Å². The van der Waals surface area contributed by atoms with Gasteiger partial charge in [0.2, 0.25) is 0 Å². The van der Waals surface area contributed by atoms with Gasteiger partial charge in [0.15, 0.2) is 0 Å². The number of nitrogens with two attached hydrogens (primary N) is 1. The van der Waals surface area contributed by atoms with E-state index in [1.165, 1.54) is 12.8 Å². The van der Waals surface area contributed by atoms with Crippen molar-refractivity contribution < 1.29 is 4.74 Å². The van der Waals surface area contributed by atoms with Gasteiger partial charge < -0.3 is 10.5 Å². The maximum Gasteiger partial charge on any atom is 0.0963 e. The summed E-state index contributed by atoms with van der Waals surface area (Å²) in [5.74, 6) is 0. The zero-order valence-corrected chi connectivity index (χ0v) is 7.38. The minimum Gasteiger partial charge on any atom is -0.368 e. The summed E-state index contributed by atoms with van der Waals surface area (Å²) in [5, 5.41) is 0. The van der Waals surface area contributed by atoms with Crippen LogP contribution in [0.4, 0.5) is 0 Å². The Morgan fingerprint density at radius 3 is 2.44 bits per heavy atom. The van der Waals surface area contributed by atoms with Crippen molar-refractivity contribution in [3.05, 3.63) is 0 Å². The van der Waals surface area contributed by atoms with Crippen molar-refractivity contribution in [1.82, 2.24) is 0 Å². The fraction of sp³-hybridized carbons (Fsp3) is 1.00. The maximum absolute atomic E-state index is 5.33. The summed E-state index contributed by atoms with van der Waals surface area (Å²) >= 11 is 0. The molecule has 0 aromatic rings. The number of hydrogen-bond donors (Lipinski definition) is 1. The van der Waals surface area contributed by atoms with E-state index in [-0.39, 0.29) is 17.0 Å². The standard InChI is InChI=1S/C6H13NO.BrH/c1-2-3-5-6(4-7)8-5;/h5-6H,2-4,7H2,1H3;1H. The summed E-state index contributed by atoms with van der Waals surface area (Å²) in [6.07, 6.45) is 3.29. The van der Waals surface area contributed by atoms with Crippen molar-refractivity contribution >= 4 is 17.0 Å². The highest BCUT2D eigenvalue weighted by molar-refractivity contribution is 8.93. The Bertz CT molecular complexity index is 79.5. The first kappa shape index (κ1) is 9.40. The van der Waals surface area contributed by atoms with Gasteiger partial charge in [-0.25, -0.2) is 0 Å². The Balaban J connectivity index is 0.000000640. The van der Waals surface area contributed by atoms with Crippen molar-refractivity contribution in [1.29, 1.82) is 0 Å². The predicted octanol–water partition coefficient (Wildman–Crippen LogP) is 1.09. The van der Waals surface area contributed by atoms with Crippen LogP contribution >= 0.6 is 17.0 Å². The predicted molar refractivity (Wildman–Crippen MR) is 42.9 cm³/mol. The van der Waals surface area contributed by atoms with Crippen molar-refractivity contribution in [3.63, 3.8) is 0 Å². The molecule has 1 heterocycles. The molecule has 1 fully saturated rings. The Labute approximate surface area is 66.5 Å². The van der Waals surface area contributed by atoms with Gasteiger partial charge in [0, 0.05) is 6.54 Å². The van der Waals surface area contributed by atoms with Gasteiger partial charge in [-0.3, -0.25) is 0 Å². The van der Waals surface area contributed by atoms with Crippen LogP contribution in [0.2, 0.25) is 0 Å². The van der Waals surface area contributed by atoms with Gasteiger partial charge in [-0.05, 0) is 6.42 Å². The van der Waals surface area contributed by atoms with E-state index in [4.69, 9.17) is 10.5 Å². The average molecular weight is 196 g/mol. The number of rotatable bonds is 3. The third-order valence-electron chi connectivity index (χ3n) is 1.49. The van der Waals surface area contributed by atoms with Gasteiger partial charge in [0.25, 0.3) is 0 Å². The quantitative estimate of drug-likeness (QED) is 0.686. The Kier molecular flexibility index (Phi) is 4.44. The molecule has 2 N–H and O–H groups in total. The van der Waals surface area contributed by atoms with E-state index in [9.17, 15) is 0 Å². The molecule has 2 unspecified atom stereocenters. The van der Waals surface area contributed by atoms with Gasteiger partial charge in [-0.15, -0.1) is 17.0 Å². The Hall–Kier alpha value is 0.400. The first-order chi connectivity index (χ1) is 3.88. The molecule has 9 heavy (non-hydrogen) atoms. The van der Waals surface area contributed by atoms with E-state index < -0.39 is 0 Å². The number of ether oxygens (including phenoxy) is 1. The van der Waals surface area contributed by atoms with Gasteiger partial charge in [-0.2, -0.15) is 0 Å². The van der Waals surface area contributed by atoms with Crippen LogP contribution in [-0.4, -0.2) is 18.8 Å². The van der Waals surface area contributed by atoms with Gasteiger partial charge in [-0.1, -0.05) is 13.3 Å². The molecular weight excluding hydrogens is 182 g/mol. The highest BCUT2D eigenvalue weighted by Crippen LogP contribution is 2.24. The fourth-order valence-electron chi connectivity index (χ4n) is 0.925. The van der Waals surface area contributed by atoms with Crippen LogP contribution in [0.3, 0.4) is 0 Å². The molecule has 2 nitrogen and oxygen atoms in total. The van der Waals surface area contributed by atoms with E-state index in [0.717, 1.165) is 0 Å². The van der Waals surface area contributed by atoms with Gasteiger partial charge in [0.05, 0.1) is 12.2 Å². The lowest BCUT2D eigenvalue weighted by Crippen LogP contribution is -2.08. The second-order valence-corrected chi connectivity index (χ2v) is 2.24. The molecule has 0 aliphatic carbocycles. The molecule has 1 rings (SSSR count). The van der Waals surface area contributed by atoms with E-state index in [2.05, 4.69) is 6.92 Å². The molecule has 0 aromatic heterocycles. The largest absolute Gasteiger partial charge is 0.368 e. The summed E-state index contributed by atoms with van der Waals surface area (Å²) in [6.45, 7) is 2.86. The van der Waals surface area contributed by atoms with Crippen molar-refractivity contribution in [2.75, 3.05) is 6.54 Å². The maximum atomic E-state index is 5.33. The third-order valence-corrected chi connectivity index (χ3v) is 1.49. The minimum atomic E-state index is 0. The minimum absolute atomic E-state index is 0. The lowest BCUT2D eigenvalue weighted by molar-refractivity contribution is 0.364. The van der Waals surface area contributed by atoms with E-state index in [0.29, 0.717) is 18.8 Å². The average Bonchev–Trinajstić information content (AvgIpc) is 2.48. The topological polar surface area (TPSA) is 38.5 Å². The number of halogens is 1. The normalized spacial score (nSPS) is 31.3. The molecule has 0 bridgehead atoms. The first-order valence-electron chi connectivity index (χ1n) is 3.24. The SMILES string of the molecule is Br.CCCC1OC1CN. The molecule has 0 spiro atoms. The van der Waals surface area contributed by atoms with Crippen LogP contribution in [0.25, 0.3) is 0 Å². The van der Waals surface area contributed by atoms with E-state index in [1.54, 1.807) is 0 Å². The molecule has 1 aliphatic rings. The molecule has 3 heteroatoms. The summed E-state index contributed by atoms with van der Waals surface area (Å²) in [7, 11) is 0. The lowest BCUT2D eigenvalue weighted by Gasteiger charge is -1.84. The van der Waals surface area contributed by atoms with Crippen LogP contribution in [0.5, 0.6) is 0 Å². The fourth-order valence-corrected chi connectivity index (χ4v) is 0.925. The molecule has 2 atom stereocenters. The van der Waals surface area contributed by atoms with E-state index >= 15 is 0 Å². The molecule has 0 aromatic carbocycles. The summed E-state index contributed by atoms with van der Waals surface area (Å²) in [4.78, 5) is 0. The molecule has 0 radical (unpaired) electrons. The van der Waals surface area contributed by atoms with Crippen LogP contribution in [-0.2, 0) is 4.74 Å². The van der Waals surface area contributed by atoms with Gasteiger partial charge in [0.1, 0.15) is 0 Å². The molecule has 1 aliphatic heterocycles. The Morgan fingerprint density at radius 2 is 2.11 bits per heavy atom. The highest BCUT2D eigenvalue weighted by atomic mass is 79.9. The second kappa shape index (κ2) is 4.25. The molecule has 56 valence electrons. The third kappa shape index (κ3) is 2.65. The monoisotopic (exact) mass is 195 g/mol. The summed E-state index contributed by atoms with van der Waals surface area (Å²) in [5.41, 5.74) is 5.33. The second-order valence-electron chi connectivity index (χ2n) is 2.24. The highest BCUT2D eigenvalue weighted by Gasteiger charge is 2.35. The molecular formula is C6H14BrNO. The van der Waals surface area contributed by atoms with Crippen LogP contribution in [0.15, 0.2) is 0 Å². The Morgan fingerprint density at radius 1 is 1.44 bits per heavy atom. The van der Waals surface area contributed by atoms with E-state index in [1.807, 2.05) is 0 Å². The molecule has 0 amide bonds. The zero-order valence-electron chi connectivity index (χ0n) is 5.67.